The number of nitrogens with two attached hydrogens (primary N) is 1. The van der Waals surface area contributed by atoms with Crippen molar-refractivity contribution in [1.82, 2.24) is 0 Å². The zero-order chi connectivity index (χ0) is 10.1. The number of benzene rings is 1. The molecule has 1 aliphatic rings. The molecule has 0 radical (unpaired) electrons. The molecule has 0 aliphatic carbocycles. The van der Waals surface area contributed by atoms with Crippen molar-refractivity contribution in [3.8, 4) is 0 Å². The van der Waals surface area contributed by atoms with Gasteiger partial charge in [-0.1, -0.05) is 19.1 Å². The lowest BCUT2D eigenvalue weighted by molar-refractivity contribution is 0.625. The number of para-hydroxylation sites is 2. The molecule has 0 saturated carbocycles. The van der Waals surface area contributed by atoms with E-state index in [0.29, 0.717) is 6.04 Å². The molecule has 14 heavy (non-hydrogen) atoms. The van der Waals surface area contributed by atoms with Gasteiger partial charge < -0.3 is 10.6 Å². The maximum atomic E-state index is 5.97. The zero-order valence-corrected chi connectivity index (χ0v) is 8.90. The summed E-state index contributed by atoms with van der Waals surface area (Å²) in [6, 6.07) is 8.76. The topological polar surface area (TPSA) is 29.3 Å². The van der Waals surface area contributed by atoms with Crippen molar-refractivity contribution in [2.75, 3.05) is 17.2 Å². The van der Waals surface area contributed by atoms with E-state index in [4.69, 9.17) is 5.73 Å². The average Bonchev–Trinajstić information content (AvgIpc) is 2.46. The molecule has 1 aromatic rings. The molecule has 1 aliphatic heterocycles. The Bertz CT molecular complexity index is 322. The normalized spacial score (nSPS) is 26.9. The van der Waals surface area contributed by atoms with Crippen molar-refractivity contribution >= 4 is 11.4 Å². The molecule has 2 atom stereocenters. The summed E-state index contributed by atoms with van der Waals surface area (Å²) in [5, 5.41) is 0. The van der Waals surface area contributed by atoms with Gasteiger partial charge in [0.25, 0.3) is 0 Å². The van der Waals surface area contributed by atoms with Crippen LogP contribution < -0.4 is 10.6 Å². The van der Waals surface area contributed by atoms with Crippen molar-refractivity contribution in [3.63, 3.8) is 0 Å². The second-order valence-electron chi connectivity index (χ2n) is 4.40. The highest BCUT2D eigenvalue weighted by Gasteiger charge is 2.26. The zero-order valence-electron chi connectivity index (χ0n) is 8.90. The summed E-state index contributed by atoms with van der Waals surface area (Å²) in [6.45, 7) is 5.71. The molecule has 2 nitrogen and oxygen atoms in total. The lowest BCUT2D eigenvalue weighted by Gasteiger charge is -2.25. The fourth-order valence-corrected chi connectivity index (χ4v) is 2.38. The van der Waals surface area contributed by atoms with Crippen LogP contribution in [0.5, 0.6) is 0 Å². The highest BCUT2D eigenvalue weighted by Crippen LogP contribution is 2.32. The number of anilines is 2. The van der Waals surface area contributed by atoms with Crippen LogP contribution in [0.3, 0.4) is 0 Å². The van der Waals surface area contributed by atoms with Gasteiger partial charge in [-0.2, -0.15) is 0 Å². The van der Waals surface area contributed by atoms with Crippen LogP contribution in [0, 0.1) is 5.92 Å². The van der Waals surface area contributed by atoms with E-state index in [9.17, 15) is 0 Å². The second-order valence-corrected chi connectivity index (χ2v) is 4.40. The maximum Gasteiger partial charge on any atom is 0.0602 e. The van der Waals surface area contributed by atoms with Crippen LogP contribution >= 0.6 is 0 Å². The Labute approximate surface area is 85.7 Å². The van der Waals surface area contributed by atoms with Crippen molar-refractivity contribution in [3.05, 3.63) is 24.3 Å². The smallest absolute Gasteiger partial charge is 0.0602 e. The van der Waals surface area contributed by atoms with E-state index in [0.717, 1.165) is 18.2 Å². The van der Waals surface area contributed by atoms with Gasteiger partial charge in [0.1, 0.15) is 0 Å². The predicted octanol–water partition coefficient (Wildman–Crippen LogP) is 2.50. The SMILES string of the molecule is CC1CC(C)N(c2ccccc2N)C1. The van der Waals surface area contributed by atoms with Crippen LogP contribution in [0.15, 0.2) is 24.3 Å². The molecular formula is C12H18N2. The number of nitrogen functional groups attached to an aromatic ring is 1. The fourth-order valence-electron chi connectivity index (χ4n) is 2.38. The molecule has 2 rings (SSSR count). The molecule has 2 unspecified atom stereocenters. The summed E-state index contributed by atoms with van der Waals surface area (Å²) >= 11 is 0. The third-order valence-electron chi connectivity index (χ3n) is 3.03. The Kier molecular flexibility index (Phi) is 2.36. The van der Waals surface area contributed by atoms with Gasteiger partial charge in [0.05, 0.1) is 11.4 Å². The average molecular weight is 190 g/mol. The quantitative estimate of drug-likeness (QED) is 0.689. The van der Waals surface area contributed by atoms with Crippen molar-refractivity contribution in [2.45, 2.75) is 26.3 Å². The van der Waals surface area contributed by atoms with Gasteiger partial charge in [0, 0.05) is 12.6 Å². The Balaban J connectivity index is 2.27. The van der Waals surface area contributed by atoms with Gasteiger partial charge in [0.2, 0.25) is 0 Å². The molecular weight excluding hydrogens is 172 g/mol. The number of nitrogens with zero attached hydrogens (tertiary/aromatic N) is 1. The maximum absolute atomic E-state index is 5.97. The molecule has 1 saturated heterocycles. The molecule has 0 amide bonds. The van der Waals surface area contributed by atoms with Gasteiger partial charge in [0.15, 0.2) is 0 Å². The van der Waals surface area contributed by atoms with E-state index in [1.165, 1.54) is 12.1 Å². The molecule has 1 fully saturated rings. The van der Waals surface area contributed by atoms with Gasteiger partial charge in [-0.3, -0.25) is 0 Å². The number of hydrogen-bond acceptors (Lipinski definition) is 2. The fraction of sp³-hybridized carbons (Fsp3) is 0.500. The first-order valence-corrected chi connectivity index (χ1v) is 5.29. The van der Waals surface area contributed by atoms with E-state index in [1.807, 2.05) is 12.1 Å². The van der Waals surface area contributed by atoms with Crippen molar-refractivity contribution in [1.29, 1.82) is 0 Å². The highest BCUT2D eigenvalue weighted by atomic mass is 15.2. The molecule has 0 aromatic heterocycles. The Morgan fingerprint density at radius 2 is 2.00 bits per heavy atom. The van der Waals surface area contributed by atoms with Gasteiger partial charge in [-0.25, -0.2) is 0 Å². The van der Waals surface area contributed by atoms with Crippen molar-refractivity contribution < 1.29 is 0 Å². The summed E-state index contributed by atoms with van der Waals surface area (Å²) in [7, 11) is 0. The van der Waals surface area contributed by atoms with Gasteiger partial charge in [-0.05, 0) is 31.4 Å². The largest absolute Gasteiger partial charge is 0.397 e. The molecule has 0 bridgehead atoms. The van der Waals surface area contributed by atoms with Gasteiger partial charge >= 0.3 is 0 Å². The third-order valence-corrected chi connectivity index (χ3v) is 3.03. The van der Waals surface area contributed by atoms with Crippen LogP contribution in [-0.2, 0) is 0 Å². The number of hydrogen-bond donors (Lipinski definition) is 1. The lowest BCUT2D eigenvalue weighted by atomic mass is 10.1. The van der Waals surface area contributed by atoms with E-state index in [-0.39, 0.29) is 0 Å². The second kappa shape index (κ2) is 3.52. The molecule has 76 valence electrons. The third kappa shape index (κ3) is 1.57. The van der Waals surface area contributed by atoms with E-state index >= 15 is 0 Å². The molecule has 2 N–H and O–H groups in total. The Hall–Kier alpha value is -1.18. The predicted molar refractivity (Wildman–Crippen MR) is 61.4 cm³/mol. The van der Waals surface area contributed by atoms with Crippen LogP contribution in [0.2, 0.25) is 0 Å². The minimum absolute atomic E-state index is 0.620. The first-order chi connectivity index (χ1) is 6.68. The number of rotatable bonds is 1. The van der Waals surface area contributed by atoms with Crippen LogP contribution in [0.4, 0.5) is 11.4 Å². The standard InChI is InChI=1S/C12H18N2/c1-9-7-10(2)14(8-9)12-6-4-3-5-11(12)13/h3-6,9-10H,7-8,13H2,1-2H3. The van der Waals surface area contributed by atoms with Crippen molar-refractivity contribution in [2.24, 2.45) is 5.92 Å². The Morgan fingerprint density at radius 1 is 1.29 bits per heavy atom. The minimum Gasteiger partial charge on any atom is -0.397 e. The summed E-state index contributed by atoms with van der Waals surface area (Å²) in [6.07, 6.45) is 1.27. The summed E-state index contributed by atoms with van der Waals surface area (Å²) in [4.78, 5) is 2.42. The summed E-state index contributed by atoms with van der Waals surface area (Å²) in [5.41, 5.74) is 8.06. The lowest BCUT2D eigenvalue weighted by Crippen LogP contribution is -2.27. The summed E-state index contributed by atoms with van der Waals surface area (Å²) in [5.74, 6) is 0.782. The monoisotopic (exact) mass is 190 g/mol. The van der Waals surface area contributed by atoms with Crippen LogP contribution in [-0.4, -0.2) is 12.6 Å². The van der Waals surface area contributed by atoms with Gasteiger partial charge in [-0.15, -0.1) is 0 Å². The first kappa shape index (κ1) is 9.38. The highest BCUT2D eigenvalue weighted by molar-refractivity contribution is 5.68. The molecule has 2 heteroatoms. The Morgan fingerprint density at radius 3 is 2.57 bits per heavy atom. The minimum atomic E-state index is 0.620. The van der Waals surface area contributed by atoms with E-state index in [1.54, 1.807) is 0 Å². The van der Waals surface area contributed by atoms with Crippen LogP contribution in [0.1, 0.15) is 20.3 Å². The van der Waals surface area contributed by atoms with E-state index < -0.39 is 0 Å². The van der Waals surface area contributed by atoms with Crippen LogP contribution in [0.25, 0.3) is 0 Å². The first-order valence-electron chi connectivity index (χ1n) is 5.29. The van der Waals surface area contributed by atoms with E-state index in [2.05, 4.69) is 30.9 Å². The summed E-state index contributed by atoms with van der Waals surface area (Å²) < 4.78 is 0. The molecule has 0 spiro atoms. The molecule has 1 heterocycles. The molecule has 1 aromatic carbocycles.